The quantitative estimate of drug-likeness (QED) is 0.945. The number of rotatable bonds is 4. The Kier molecular flexibility index (Phi) is 4.04. The predicted octanol–water partition coefficient (Wildman–Crippen LogP) is 2.78. The standard InChI is InChI=1S/C13H16BrN3O/c1-9(15)11-4-3-10(14)7-12(11)18-8-13-16-5-6-17(13)2/h3-7,9H,8,15H2,1-2H3. The summed E-state index contributed by atoms with van der Waals surface area (Å²) in [4.78, 5) is 4.22. The highest BCUT2D eigenvalue weighted by Crippen LogP contribution is 2.28. The van der Waals surface area contributed by atoms with Crippen LogP contribution in [-0.4, -0.2) is 9.55 Å². The molecule has 18 heavy (non-hydrogen) atoms. The van der Waals surface area contributed by atoms with Crippen LogP contribution < -0.4 is 10.5 Å². The van der Waals surface area contributed by atoms with E-state index in [1.165, 1.54) is 0 Å². The number of benzene rings is 1. The van der Waals surface area contributed by atoms with Crippen LogP contribution in [-0.2, 0) is 13.7 Å². The van der Waals surface area contributed by atoms with Crippen LogP contribution >= 0.6 is 15.9 Å². The number of nitrogens with zero attached hydrogens (tertiary/aromatic N) is 2. The summed E-state index contributed by atoms with van der Waals surface area (Å²) >= 11 is 3.44. The Bertz CT molecular complexity index is 537. The van der Waals surface area contributed by atoms with Gasteiger partial charge in [0, 0.05) is 35.5 Å². The van der Waals surface area contributed by atoms with E-state index in [-0.39, 0.29) is 6.04 Å². The smallest absolute Gasteiger partial charge is 0.146 e. The van der Waals surface area contributed by atoms with Crippen molar-refractivity contribution >= 4 is 15.9 Å². The molecule has 0 spiro atoms. The molecule has 0 amide bonds. The topological polar surface area (TPSA) is 53.1 Å². The van der Waals surface area contributed by atoms with Crippen molar-refractivity contribution in [1.82, 2.24) is 9.55 Å². The molecule has 0 saturated carbocycles. The lowest BCUT2D eigenvalue weighted by Crippen LogP contribution is -2.09. The number of nitrogens with two attached hydrogens (primary N) is 1. The fourth-order valence-corrected chi connectivity index (χ4v) is 2.03. The molecular formula is C13H16BrN3O. The minimum Gasteiger partial charge on any atom is -0.485 e. The maximum atomic E-state index is 5.93. The van der Waals surface area contributed by atoms with Crippen LogP contribution in [0.1, 0.15) is 24.4 Å². The minimum absolute atomic E-state index is 0.0607. The van der Waals surface area contributed by atoms with Crippen LogP contribution in [0.15, 0.2) is 35.1 Å². The van der Waals surface area contributed by atoms with Gasteiger partial charge < -0.3 is 15.0 Å². The maximum absolute atomic E-state index is 5.93. The van der Waals surface area contributed by atoms with Gasteiger partial charge in [0.15, 0.2) is 0 Å². The van der Waals surface area contributed by atoms with E-state index in [9.17, 15) is 0 Å². The summed E-state index contributed by atoms with van der Waals surface area (Å²) in [6.45, 7) is 2.37. The lowest BCUT2D eigenvalue weighted by molar-refractivity contribution is 0.287. The normalized spacial score (nSPS) is 12.4. The second-order valence-corrected chi connectivity index (χ2v) is 5.13. The largest absolute Gasteiger partial charge is 0.485 e. The van der Waals surface area contributed by atoms with Crippen molar-refractivity contribution in [3.05, 3.63) is 46.5 Å². The monoisotopic (exact) mass is 309 g/mol. The molecule has 4 nitrogen and oxygen atoms in total. The number of hydrogen-bond acceptors (Lipinski definition) is 3. The average molecular weight is 310 g/mol. The molecule has 2 rings (SSSR count). The lowest BCUT2D eigenvalue weighted by atomic mass is 10.1. The van der Waals surface area contributed by atoms with Crippen LogP contribution in [0.4, 0.5) is 0 Å². The van der Waals surface area contributed by atoms with Gasteiger partial charge in [0.05, 0.1) is 0 Å². The Hall–Kier alpha value is -1.33. The van der Waals surface area contributed by atoms with Crippen molar-refractivity contribution in [2.24, 2.45) is 12.8 Å². The van der Waals surface area contributed by atoms with Gasteiger partial charge in [0.25, 0.3) is 0 Å². The van der Waals surface area contributed by atoms with Gasteiger partial charge in [-0.1, -0.05) is 22.0 Å². The predicted molar refractivity (Wildman–Crippen MR) is 74.3 cm³/mol. The fourth-order valence-electron chi connectivity index (χ4n) is 1.69. The van der Waals surface area contributed by atoms with Crippen molar-refractivity contribution in [2.45, 2.75) is 19.6 Å². The second-order valence-electron chi connectivity index (χ2n) is 4.21. The van der Waals surface area contributed by atoms with E-state index < -0.39 is 0 Å². The molecule has 0 bridgehead atoms. The Morgan fingerprint density at radius 1 is 1.50 bits per heavy atom. The summed E-state index contributed by atoms with van der Waals surface area (Å²) in [5, 5.41) is 0. The molecule has 96 valence electrons. The highest BCUT2D eigenvalue weighted by Gasteiger charge is 2.10. The van der Waals surface area contributed by atoms with Gasteiger partial charge in [0.1, 0.15) is 18.2 Å². The number of hydrogen-bond donors (Lipinski definition) is 1. The maximum Gasteiger partial charge on any atom is 0.146 e. The molecule has 1 atom stereocenters. The van der Waals surface area contributed by atoms with Crippen molar-refractivity contribution in [3.63, 3.8) is 0 Å². The molecule has 0 aliphatic rings. The molecule has 0 aliphatic carbocycles. The molecule has 1 heterocycles. The van der Waals surface area contributed by atoms with E-state index in [1.54, 1.807) is 6.20 Å². The van der Waals surface area contributed by atoms with E-state index in [2.05, 4.69) is 20.9 Å². The van der Waals surface area contributed by atoms with Crippen molar-refractivity contribution in [2.75, 3.05) is 0 Å². The third-order valence-electron chi connectivity index (χ3n) is 2.74. The van der Waals surface area contributed by atoms with E-state index >= 15 is 0 Å². The summed E-state index contributed by atoms with van der Waals surface area (Å²) in [6.07, 6.45) is 3.65. The molecule has 1 aromatic carbocycles. The Labute approximate surface area is 115 Å². The van der Waals surface area contributed by atoms with Crippen LogP contribution in [0.3, 0.4) is 0 Å². The molecule has 1 aromatic heterocycles. The summed E-state index contributed by atoms with van der Waals surface area (Å²) in [6, 6.07) is 5.81. The first-order valence-corrected chi connectivity index (χ1v) is 6.51. The first-order chi connectivity index (χ1) is 8.58. The summed E-state index contributed by atoms with van der Waals surface area (Å²) in [7, 11) is 1.94. The lowest BCUT2D eigenvalue weighted by Gasteiger charge is -2.14. The molecule has 0 saturated heterocycles. The van der Waals surface area contributed by atoms with Gasteiger partial charge in [-0.2, -0.15) is 0 Å². The third kappa shape index (κ3) is 2.91. The average Bonchev–Trinajstić information content (AvgIpc) is 2.72. The van der Waals surface area contributed by atoms with Crippen molar-refractivity contribution in [3.8, 4) is 5.75 Å². The highest BCUT2D eigenvalue weighted by atomic mass is 79.9. The molecule has 0 aliphatic heterocycles. The zero-order valence-electron chi connectivity index (χ0n) is 10.4. The third-order valence-corrected chi connectivity index (χ3v) is 3.24. The number of aromatic nitrogens is 2. The van der Waals surface area contributed by atoms with E-state index in [0.29, 0.717) is 6.61 Å². The van der Waals surface area contributed by atoms with Crippen molar-refractivity contribution in [1.29, 1.82) is 0 Å². The van der Waals surface area contributed by atoms with E-state index in [0.717, 1.165) is 21.6 Å². The summed E-state index contributed by atoms with van der Waals surface area (Å²) in [5.74, 6) is 1.67. The molecular weight excluding hydrogens is 294 g/mol. The van der Waals surface area contributed by atoms with Gasteiger partial charge in [-0.3, -0.25) is 0 Å². The number of ether oxygens (including phenoxy) is 1. The molecule has 0 radical (unpaired) electrons. The van der Waals surface area contributed by atoms with Crippen LogP contribution in [0, 0.1) is 0 Å². The Morgan fingerprint density at radius 3 is 2.89 bits per heavy atom. The molecule has 1 unspecified atom stereocenters. The SMILES string of the molecule is CC(N)c1ccc(Br)cc1OCc1nccn1C. The first kappa shape index (κ1) is 13.1. The highest BCUT2D eigenvalue weighted by molar-refractivity contribution is 9.10. The molecule has 2 N–H and O–H groups in total. The van der Waals surface area contributed by atoms with Crippen LogP contribution in [0.2, 0.25) is 0 Å². The summed E-state index contributed by atoms with van der Waals surface area (Å²) in [5.41, 5.74) is 6.92. The Morgan fingerprint density at radius 2 is 2.28 bits per heavy atom. The zero-order valence-corrected chi connectivity index (χ0v) is 12.0. The zero-order chi connectivity index (χ0) is 13.1. The fraction of sp³-hybridized carbons (Fsp3) is 0.308. The van der Waals surface area contributed by atoms with Gasteiger partial charge in [-0.15, -0.1) is 0 Å². The van der Waals surface area contributed by atoms with Gasteiger partial charge in [-0.25, -0.2) is 4.98 Å². The number of imidazole rings is 1. The van der Waals surface area contributed by atoms with E-state index in [1.807, 2.05) is 42.9 Å². The van der Waals surface area contributed by atoms with E-state index in [4.69, 9.17) is 10.5 Å². The van der Waals surface area contributed by atoms with Crippen LogP contribution in [0.5, 0.6) is 5.75 Å². The van der Waals surface area contributed by atoms with Gasteiger partial charge >= 0.3 is 0 Å². The summed E-state index contributed by atoms with van der Waals surface area (Å²) < 4.78 is 8.72. The second kappa shape index (κ2) is 5.54. The Balaban J connectivity index is 2.18. The van der Waals surface area contributed by atoms with Crippen molar-refractivity contribution < 1.29 is 4.74 Å². The first-order valence-electron chi connectivity index (χ1n) is 5.72. The molecule has 0 fully saturated rings. The van der Waals surface area contributed by atoms with Gasteiger partial charge in [-0.05, 0) is 19.1 Å². The minimum atomic E-state index is -0.0607. The molecule has 5 heteroatoms. The van der Waals surface area contributed by atoms with Crippen LogP contribution in [0.25, 0.3) is 0 Å². The molecule has 2 aromatic rings. The number of aryl methyl sites for hydroxylation is 1. The number of halogens is 1. The van der Waals surface area contributed by atoms with Gasteiger partial charge in [0.2, 0.25) is 0 Å².